The van der Waals surface area contributed by atoms with Gasteiger partial charge in [0.15, 0.2) is 5.69 Å². The number of piperazine rings is 1. The number of hydrogen-bond acceptors (Lipinski definition) is 10. The van der Waals surface area contributed by atoms with Crippen LogP contribution in [0.25, 0.3) is 11.1 Å². The molecule has 1 saturated heterocycles. The minimum Gasteiger partial charge on any atom is -0.508 e. The van der Waals surface area contributed by atoms with Crippen LogP contribution in [0.3, 0.4) is 0 Å². The SMILES string of the molecule is O=C(NS(=O)(=O)c1cc(C(F)(F)F)c(NCCSc2ccccc2)cc1N1CCN(Cc2cc(-c3cccc(O)c3)cc(C(F)(F)F)c2)CC1)c1cccnn1. The summed E-state index contributed by atoms with van der Waals surface area (Å²) in [4.78, 5) is 16.4. The predicted molar refractivity (Wildman–Crippen MR) is 200 cm³/mol. The first-order chi connectivity index (χ1) is 26.6. The number of thioether (sulfide) groups is 1. The van der Waals surface area contributed by atoms with Gasteiger partial charge < -0.3 is 15.3 Å². The van der Waals surface area contributed by atoms with Gasteiger partial charge in [-0.2, -0.15) is 31.4 Å². The van der Waals surface area contributed by atoms with Crippen molar-refractivity contribution in [3.63, 3.8) is 0 Å². The number of alkyl halides is 6. The predicted octanol–water partition coefficient (Wildman–Crippen LogP) is 7.53. The summed E-state index contributed by atoms with van der Waals surface area (Å²) in [7, 11) is -4.94. The second-order valence-electron chi connectivity index (χ2n) is 12.7. The van der Waals surface area contributed by atoms with Crippen LogP contribution in [0.1, 0.15) is 27.2 Å². The first kappa shape index (κ1) is 40.3. The van der Waals surface area contributed by atoms with Crippen molar-refractivity contribution in [2.45, 2.75) is 28.7 Å². The Morgan fingerprint density at radius 3 is 2.23 bits per heavy atom. The molecule has 3 N–H and O–H groups in total. The average Bonchev–Trinajstić information content (AvgIpc) is 3.16. The molecule has 1 aliphatic rings. The zero-order valence-corrected chi connectivity index (χ0v) is 30.9. The van der Waals surface area contributed by atoms with E-state index < -0.39 is 44.3 Å². The zero-order valence-electron chi connectivity index (χ0n) is 29.3. The number of anilines is 2. The summed E-state index contributed by atoms with van der Waals surface area (Å²) in [5.41, 5.74) is -2.04. The van der Waals surface area contributed by atoms with Gasteiger partial charge in [-0.25, -0.2) is 13.1 Å². The van der Waals surface area contributed by atoms with E-state index in [1.54, 1.807) is 17.0 Å². The van der Waals surface area contributed by atoms with Crippen molar-refractivity contribution in [2.24, 2.45) is 0 Å². The number of carbonyl (C=O) groups excluding carboxylic acids is 1. The highest BCUT2D eigenvalue weighted by atomic mass is 32.2. The molecule has 294 valence electrons. The van der Waals surface area contributed by atoms with Crippen LogP contribution in [0, 0.1) is 0 Å². The maximum Gasteiger partial charge on any atom is 0.418 e. The highest BCUT2D eigenvalue weighted by Crippen LogP contribution is 2.41. The number of amides is 1. The molecule has 1 fully saturated rings. The fourth-order valence-electron chi connectivity index (χ4n) is 6.14. The third kappa shape index (κ3) is 10.1. The third-order valence-electron chi connectivity index (χ3n) is 8.77. The van der Waals surface area contributed by atoms with Gasteiger partial charge in [-0.05, 0) is 83.4 Å². The second-order valence-corrected chi connectivity index (χ2v) is 15.5. The maximum absolute atomic E-state index is 14.6. The molecule has 0 aliphatic carbocycles. The van der Waals surface area contributed by atoms with Crippen LogP contribution >= 0.6 is 11.8 Å². The largest absolute Gasteiger partial charge is 0.508 e. The number of nitrogens with zero attached hydrogens (tertiary/aromatic N) is 4. The summed E-state index contributed by atoms with van der Waals surface area (Å²) in [6.45, 7) is 0.706. The van der Waals surface area contributed by atoms with Gasteiger partial charge in [0.05, 0.1) is 16.8 Å². The fraction of sp³-hybridized carbons (Fsp3) is 0.237. The molecule has 2 heterocycles. The third-order valence-corrected chi connectivity index (χ3v) is 11.1. The summed E-state index contributed by atoms with van der Waals surface area (Å²) < 4.78 is 115. The molecule has 0 bridgehead atoms. The Labute approximate surface area is 322 Å². The van der Waals surface area contributed by atoms with E-state index >= 15 is 0 Å². The maximum atomic E-state index is 14.6. The van der Waals surface area contributed by atoms with Crippen molar-refractivity contribution >= 4 is 39.1 Å². The Morgan fingerprint density at radius 2 is 1.57 bits per heavy atom. The monoisotopic (exact) mass is 816 g/mol. The van der Waals surface area contributed by atoms with E-state index in [-0.39, 0.29) is 67.7 Å². The molecule has 10 nitrogen and oxygen atoms in total. The van der Waals surface area contributed by atoms with Crippen LogP contribution in [0.5, 0.6) is 5.75 Å². The van der Waals surface area contributed by atoms with Crippen molar-refractivity contribution < 1.29 is 44.7 Å². The lowest BCUT2D eigenvalue weighted by Crippen LogP contribution is -2.46. The second kappa shape index (κ2) is 16.8. The Balaban J connectivity index is 1.28. The number of benzene rings is 4. The van der Waals surface area contributed by atoms with Gasteiger partial charge in [-0.15, -0.1) is 16.9 Å². The highest BCUT2D eigenvalue weighted by molar-refractivity contribution is 7.99. The summed E-state index contributed by atoms with van der Waals surface area (Å²) in [5, 5.41) is 19.9. The molecule has 1 aromatic heterocycles. The van der Waals surface area contributed by atoms with Gasteiger partial charge in [-0.1, -0.05) is 30.3 Å². The molecular formula is C38H34F6N6O4S2. The average molecular weight is 817 g/mol. The van der Waals surface area contributed by atoms with Crippen LogP contribution in [-0.2, 0) is 28.9 Å². The van der Waals surface area contributed by atoms with Gasteiger partial charge >= 0.3 is 12.4 Å². The van der Waals surface area contributed by atoms with E-state index in [4.69, 9.17) is 0 Å². The summed E-state index contributed by atoms with van der Waals surface area (Å²) in [6.07, 6.45) is -8.39. The summed E-state index contributed by atoms with van der Waals surface area (Å²) in [5.74, 6) is -0.930. The number of aromatic hydroxyl groups is 1. The Bertz CT molecular complexity index is 2270. The lowest BCUT2D eigenvalue weighted by Gasteiger charge is -2.37. The normalized spacial score (nSPS) is 14.1. The van der Waals surface area contributed by atoms with Crippen LogP contribution < -0.4 is 14.9 Å². The van der Waals surface area contributed by atoms with E-state index in [1.807, 2.05) is 40.0 Å². The molecule has 18 heteroatoms. The Hall–Kier alpha value is -5.33. The molecule has 5 aromatic rings. The van der Waals surface area contributed by atoms with Crippen molar-refractivity contribution in [3.05, 3.63) is 126 Å². The highest BCUT2D eigenvalue weighted by Gasteiger charge is 2.38. The lowest BCUT2D eigenvalue weighted by atomic mass is 9.99. The molecule has 0 radical (unpaired) electrons. The zero-order chi connectivity index (χ0) is 40.1. The quantitative estimate of drug-likeness (QED) is 0.0661. The molecule has 1 amide bonds. The molecule has 1 aliphatic heterocycles. The first-order valence-electron chi connectivity index (χ1n) is 17.1. The number of halogens is 6. The van der Waals surface area contributed by atoms with E-state index in [1.165, 1.54) is 48.3 Å². The molecule has 56 heavy (non-hydrogen) atoms. The number of hydrogen-bond donors (Lipinski definition) is 3. The summed E-state index contributed by atoms with van der Waals surface area (Å²) >= 11 is 1.41. The van der Waals surface area contributed by atoms with Crippen molar-refractivity contribution in [3.8, 4) is 16.9 Å². The van der Waals surface area contributed by atoms with Gasteiger partial charge in [0.1, 0.15) is 10.6 Å². The topological polar surface area (TPSA) is 128 Å². The fourth-order valence-corrected chi connectivity index (χ4v) is 8.12. The molecule has 0 spiro atoms. The van der Waals surface area contributed by atoms with Crippen LogP contribution in [0.4, 0.5) is 37.7 Å². The van der Waals surface area contributed by atoms with E-state index in [0.29, 0.717) is 22.9 Å². The van der Waals surface area contributed by atoms with Gasteiger partial charge in [0, 0.05) is 61.8 Å². The van der Waals surface area contributed by atoms with Gasteiger partial charge in [-0.3, -0.25) is 9.69 Å². The first-order valence-corrected chi connectivity index (χ1v) is 19.5. The molecule has 4 aromatic carbocycles. The number of phenols is 1. The molecule has 0 saturated carbocycles. The number of aromatic nitrogens is 2. The van der Waals surface area contributed by atoms with E-state index in [9.17, 15) is 44.7 Å². The van der Waals surface area contributed by atoms with Crippen LogP contribution in [0.15, 0.2) is 113 Å². The molecule has 6 rings (SSSR count). The molecule has 0 unspecified atom stereocenters. The smallest absolute Gasteiger partial charge is 0.418 e. The number of rotatable bonds is 12. The van der Waals surface area contributed by atoms with Crippen molar-refractivity contribution in [2.75, 3.05) is 48.7 Å². The minimum atomic E-state index is -4.99. The van der Waals surface area contributed by atoms with E-state index in [0.717, 1.165) is 23.1 Å². The van der Waals surface area contributed by atoms with Crippen LogP contribution in [-0.4, -0.2) is 73.0 Å². The number of nitrogens with one attached hydrogen (secondary N) is 2. The number of phenolic OH excluding ortho intramolecular Hbond substituents is 1. The lowest BCUT2D eigenvalue weighted by molar-refractivity contribution is -0.138. The number of carbonyl (C=O) groups is 1. The summed E-state index contributed by atoms with van der Waals surface area (Å²) in [6, 6.07) is 22.8. The van der Waals surface area contributed by atoms with Crippen molar-refractivity contribution in [1.29, 1.82) is 0 Å². The van der Waals surface area contributed by atoms with Gasteiger partial charge in [0.2, 0.25) is 0 Å². The van der Waals surface area contributed by atoms with Gasteiger partial charge in [0.25, 0.3) is 15.9 Å². The molecular weight excluding hydrogens is 783 g/mol. The van der Waals surface area contributed by atoms with Crippen LogP contribution in [0.2, 0.25) is 0 Å². The standard InChI is InChI=1S/C38H34F6N6O4S2/c39-37(40,41)28-19-25(18-27(20-28)26-6-4-7-29(51)21-26)24-49-13-15-50(16-14-49)34-23-33(45-12-17-55-30-8-2-1-3-9-30)31(38(42,43)44)22-35(34)56(53,54)48-36(52)32-10-5-11-46-47-32/h1-11,18-23,45,51H,12-17,24H2,(H,48,52). The molecule has 0 atom stereocenters. The number of sulfonamides is 1. The Kier molecular flexibility index (Phi) is 12.1. The van der Waals surface area contributed by atoms with E-state index in [2.05, 4.69) is 15.5 Å². The Morgan fingerprint density at radius 1 is 0.821 bits per heavy atom. The minimum absolute atomic E-state index is 0.0712. The van der Waals surface area contributed by atoms with Crippen molar-refractivity contribution in [1.82, 2.24) is 19.8 Å².